The average molecular weight is 404 g/mol. The van der Waals surface area contributed by atoms with Crippen molar-refractivity contribution in [2.75, 3.05) is 32.9 Å². The number of piperidine rings is 1. The molecule has 2 aromatic rings. The SMILES string of the molecule is O=C(Cc1cc2c(cc1Cl)OCCO2)N1CCC2(CC1)OCCc1cn[nH]c12. The molecule has 4 heterocycles. The maximum atomic E-state index is 12.9. The number of ether oxygens (including phenoxy) is 3. The maximum absolute atomic E-state index is 12.9. The summed E-state index contributed by atoms with van der Waals surface area (Å²) in [5, 5.41) is 7.83. The van der Waals surface area contributed by atoms with Crippen LogP contribution >= 0.6 is 11.6 Å². The van der Waals surface area contributed by atoms with Crippen LogP contribution in [0.3, 0.4) is 0 Å². The van der Waals surface area contributed by atoms with Crippen LogP contribution in [-0.2, 0) is 28.0 Å². The predicted molar refractivity (Wildman–Crippen MR) is 102 cm³/mol. The molecule has 0 atom stereocenters. The van der Waals surface area contributed by atoms with Gasteiger partial charge in [0.15, 0.2) is 11.5 Å². The van der Waals surface area contributed by atoms with Gasteiger partial charge in [-0.2, -0.15) is 5.10 Å². The summed E-state index contributed by atoms with van der Waals surface area (Å²) in [5.41, 5.74) is 2.74. The van der Waals surface area contributed by atoms with Gasteiger partial charge in [-0.3, -0.25) is 9.89 Å². The lowest BCUT2D eigenvalue weighted by Gasteiger charge is -2.43. The van der Waals surface area contributed by atoms with E-state index in [1.54, 1.807) is 6.07 Å². The third-order valence-electron chi connectivity index (χ3n) is 5.90. The molecule has 3 aliphatic heterocycles. The number of rotatable bonds is 2. The second kappa shape index (κ2) is 6.97. The van der Waals surface area contributed by atoms with Crippen molar-refractivity contribution in [3.05, 3.63) is 40.2 Å². The highest BCUT2D eigenvalue weighted by atomic mass is 35.5. The number of amides is 1. The van der Waals surface area contributed by atoms with Crippen LogP contribution in [-0.4, -0.2) is 53.9 Å². The molecule has 1 fully saturated rings. The van der Waals surface area contributed by atoms with Crippen molar-refractivity contribution < 1.29 is 19.0 Å². The van der Waals surface area contributed by atoms with Crippen molar-refractivity contribution in [2.24, 2.45) is 0 Å². The zero-order chi connectivity index (χ0) is 19.1. The van der Waals surface area contributed by atoms with Gasteiger partial charge in [0.2, 0.25) is 5.91 Å². The highest BCUT2D eigenvalue weighted by molar-refractivity contribution is 6.31. The van der Waals surface area contributed by atoms with Gasteiger partial charge in [-0.05, 0) is 36.5 Å². The number of benzene rings is 1. The first-order valence-corrected chi connectivity index (χ1v) is 10.0. The monoisotopic (exact) mass is 403 g/mol. The molecule has 0 saturated carbocycles. The minimum absolute atomic E-state index is 0.0640. The van der Waals surface area contributed by atoms with Crippen LogP contribution in [0, 0.1) is 0 Å². The number of carbonyl (C=O) groups is 1. The molecule has 7 nitrogen and oxygen atoms in total. The number of nitrogens with zero attached hydrogens (tertiary/aromatic N) is 2. The molecule has 28 heavy (non-hydrogen) atoms. The van der Waals surface area contributed by atoms with E-state index >= 15 is 0 Å². The number of likely N-dealkylation sites (tertiary alicyclic amines) is 1. The fraction of sp³-hybridized carbons (Fsp3) is 0.500. The third kappa shape index (κ3) is 3.02. The van der Waals surface area contributed by atoms with Crippen molar-refractivity contribution in [2.45, 2.75) is 31.3 Å². The topological polar surface area (TPSA) is 76.7 Å². The average Bonchev–Trinajstić information content (AvgIpc) is 3.20. The van der Waals surface area contributed by atoms with E-state index in [9.17, 15) is 4.79 Å². The Morgan fingerprint density at radius 2 is 1.93 bits per heavy atom. The number of H-pyrrole nitrogens is 1. The first-order valence-electron chi connectivity index (χ1n) is 9.67. The fourth-order valence-electron chi connectivity index (χ4n) is 4.35. The van der Waals surface area contributed by atoms with Crippen LogP contribution in [0.25, 0.3) is 0 Å². The lowest BCUT2D eigenvalue weighted by molar-refractivity contribution is -0.140. The molecular formula is C20H22ClN3O4. The van der Waals surface area contributed by atoms with Gasteiger partial charge in [-0.25, -0.2) is 0 Å². The standard InChI is InChI=1S/C20H22ClN3O4/c21-15-11-17-16(26-7-8-27-17)9-14(15)10-18(25)24-4-2-20(3-5-24)19-13(1-6-28-20)12-22-23-19/h9,11-12H,1-8,10H2,(H,22,23). The second-order valence-electron chi connectivity index (χ2n) is 7.51. The Labute approximate surface area is 167 Å². The van der Waals surface area contributed by atoms with Gasteiger partial charge < -0.3 is 19.1 Å². The molecule has 0 bridgehead atoms. The second-order valence-corrected chi connectivity index (χ2v) is 7.92. The maximum Gasteiger partial charge on any atom is 0.227 e. The highest BCUT2D eigenvalue weighted by Crippen LogP contribution is 2.40. The van der Waals surface area contributed by atoms with Gasteiger partial charge >= 0.3 is 0 Å². The first-order chi connectivity index (χ1) is 13.6. The number of nitrogens with one attached hydrogen (secondary N) is 1. The van der Waals surface area contributed by atoms with E-state index in [4.69, 9.17) is 25.8 Å². The first kappa shape index (κ1) is 17.8. The quantitative estimate of drug-likeness (QED) is 0.833. The highest BCUT2D eigenvalue weighted by Gasteiger charge is 2.43. The number of fused-ring (bicyclic) bond motifs is 3. The lowest BCUT2D eigenvalue weighted by atomic mass is 9.83. The predicted octanol–water partition coefficient (Wildman–Crippen LogP) is 2.47. The molecule has 1 aromatic carbocycles. The zero-order valence-corrected chi connectivity index (χ0v) is 16.3. The minimum atomic E-state index is -0.338. The van der Waals surface area contributed by atoms with E-state index in [-0.39, 0.29) is 17.9 Å². The Bertz CT molecular complexity index is 905. The summed E-state index contributed by atoms with van der Waals surface area (Å²) in [4.78, 5) is 14.8. The summed E-state index contributed by atoms with van der Waals surface area (Å²) in [6.45, 7) is 3.02. The smallest absolute Gasteiger partial charge is 0.227 e. The number of hydrogen-bond donors (Lipinski definition) is 1. The largest absolute Gasteiger partial charge is 0.486 e. The normalized spacial score (nSPS) is 20.1. The fourth-order valence-corrected chi connectivity index (χ4v) is 4.57. The Kier molecular flexibility index (Phi) is 4.44. The van der Waals surface area contributed by atoms with Gasteiger partial charge in [0.25, 0.3) is 0 Å². The van der Waals surface area contributed by atoms with Crippen molar-refractivity contribution in [1.29, 1.82) is 0 Å². The molecule has 0 radical (unpaired) electrons. The molecule has 0 unspecified atom stereocenters. The molecule has 5 rings (SSSR count). The molecule has 8 heteroatoms. The van der Waals surface area contributed by atoms with Crippen molar-refractivity contribution >= 4 is 17.5 Å². The van der Waals surface area contributed by atoms with Gasteiger partial charge in [0.1, 0.15) is 18.8 Å². The van der Waals surface area contributed by atoms with E-state index in [0.717, 1.165) is 30.5 Å². The van der Waals surface area contributed by atoms with Gasteiger partial charge in [0.05, 0.1) is 24.9 Å². The molecule has 1 spiro atoms. The van der Waals surface area contributed by atoms with Crippen LogP contribution in [0.5, 0.6) is 11.5 Å². The van der Waals surface area contributed by atoms with E-state index in [1.165, 1.54) is 5.56 Å². The molecule has 1 aromatic heterocycles. The van der Waals surface area contributed by atoms with E-state index < -0.39 is 0 Å². The molecule has 3 aliphatic rings. The summed E-state index contributed by atoms with van der Waals surface area (Å²) in [7, 11) is 0. The molecule has 1 saturated heterocycles. The lowest BCUT2D eigenvalue weighted by Crippen LogP contribution is -2.48. The van der Waals surface area contributed by atoms with Crippen LogP contribution in [0.1, 0.15) is 29.7 Å². The molecular weight excluding hydrogens is 382 g/mol. The molecule has 1 amide bonds. The number of aromatic amines is 1. The summed E-state index contributed by atoms with van der Waals surface area (Å²) in [6, 6.07) is 3.56. The third-order valence-corrected chi connectivity index (χ3v) is 6.25. The number of hydrogen-bond acceptors (Lipinski definition) is 5. The van der Waals surface area contributed by atoms with Gasteiger partial charge in [-0.1, -0.05) is 11.6 Å². The Morgan fingerprint density at radius 3 is 2.71 bits per heavy atom. The Morgan fingerprint density at radius 1 is 1.18 bits per heavy atom. The van der Waals surface area contributed by atoms with E-state index in [2.05, 4.69) is 10.2 Å². The zero-order valence-electron chi connectivity index (χ0n) is 15.5. The van der Waals surface area contributed by atoms with E-state index in [1.807, 2.05) is 17.2 Å². The number of halogens is 1. The number of carbonyl (C=O) groups excluding carboxylic acids is 1. The van der Waals surface area contributed by atoms with Crippen LogP contribution in [0.2, 0.25) is 5.02 Å². The van der Waals surface area contributed by atoms with Crippen LogP contribution < -0.4 is 9.47 Å². The molecule has 1 N–H and O–H groups in total. The summed E-state index contributed by atoms with van der Waals surface area (Å²) in [6.07, 6.45) is 4.56. The minimum Gasteiger partial charge on any atom is -0.486 e. The van der Waals surface area contributed by atoms with Crippen LogP contribution in [0.15, 0.2) is 18.3 Å². The molecule has 0 aliphatic carbocycles. The van der Waals surface area contributed by atoms with E-state index in [0.29, 0.717) is 49.4 Å². The van der Waals surface area contributed by atoms with Gasteiger partial charge in [-0.15, -0.1) is 0 Å². The summed E-state index contributed by atoms with van der Waals surface area (Å²) >= 11 is 6.37. The van der Waals surface area contributed by atoms with Crippen molar-refractivity contribution in [1.82, 2.24) is 15.1 Å². The summed E-state index contributed by atoms with van der Waals surface area (Å²) in [5.74, 6) is 1.35. The molecule has 148 valence electrons. The van der Waals surface area contributed by atoms with Crippen molar-refractivity contribution in [3.63, 3.8) is 0 Å². The van der Waals surface area contributed by atoms with Crippen molar-refractivity contribution in [3.8, 4) is 11.5 Å². The Balaban J connectivity index is 1.27. The van der Waals surface area contributed by atoms with Crippen LogP contribution in [0.4, 0.5) is 0 Å². The Hall–Kier alpha value is -2.25. The van der Waals surface area contributed by atoms with Gasteiger partial charge in [0, 0.05) is 24.2 Å². The summed E-state index contributed by atoms with van der Waals surface area (Å²) < 4.78 is 17.3. The number of aromatic nitrogens is 2.